The van der Waals surface area contributed by atoms with Crippen LogP contribution in [0.1, 0.15) is 16.8 Å². The number of hydrogen-bond acceptors (Lipinski definition) is 7. The van der Waals surface area contributed by atoms with Gasteiger partial charge >= 0.3 is 5.97 Å². The maximum absolute atomic E-state index is 13.9. The van der Waals surface area contributed by atoms with Crippen molar-refractivity contribution in [3.8, 4) is 0 Å². The maximum atomic E-state index is 13.9. The van der Waals surface area contributed by atoms with Crippen LogP contribution in [-0.4, -0.2) is 78.7 Å². The first kappa shape index (κ1) is 31.3. The Bertz CT molecular complexity index is 1800. The zero-order valence-corrected chi connectivity index (χ0v) is 25.0. The highest BCUT2D eigenvalue weighted by Crippen LogP contribution is 2.21. The molecule has 4 unspecified atom stereocenters. The van der Waals surface area contributed by atoms with Gasteiger partial charge in [0, 0.05) is 64.7 Å². The van der Waals surface area contributed by atoms with Crippen molar-refractivity contribution in [3.63, 3.8) is 0 Å². The molecule has 5 aromatic rings. The van der Waals surface area contributed by atoms with Gasteiger partial charge in [-0.25, -0.2) is 9.78 Å². The lowest BCUT2D eigenvalue weighted by Gasteiger charge is -2.25. The van der Waals surface area contributed by atoms with Crippen LogP contribution >= 0.6 is 12.6 Å². The highest BCUT2D eigenvalue weighted by Gasteiger charge is 2.31. The number of amides is 3. The first-order valence-corrected chi connectivity index (χ1v) is 14.9. The second kappa shape index (κ2) is 14.1. The summed E-state index contributed by atoms with van der Waals surface area (Å²) >= 11 is 4.01. The Morgan fingerprint density at radius 2 is 1.29 bits per heavy atom. The first-order valence-electron chi connectivity index (χ1n) is 14.3. The Kier molecular flexibility index (Phi) is 9.85. The second-order valence-corrected chi connectivity index (χ2v) is 11.1. The lowest BCUT2D eigenvalue weighted by Crippen LogP contribution is -2.58. The summed E-state index contributed by atoms with van der Waals surface area (Å²) in [6.45, 7) is 0. The topological polar surface area (TPSA) is 211 Å². The minimum atomic E-state index is -1.27. The second-order valence-electron chi connectivity index (χ2n) is 10.7. The predicted molar refractivity (Wildman–Crippen MR) is 172 cm³/mol. The summed E-state index contributed by atoms with van der Waals surface area (Å²) in [5.41, 5.74) is 10.3. The van der Waals surface area contributed by atoms with Gasteiger partial charge in [0.2, 0.25) is 17.7 Å². The highest BCUT2D eigenvalue weighted by atomic mass is 32.1. The van der Waals surface area contributed by atoms with E-state index in [2.05, 4.69) is 48.5 Å². The number of thiol groups is 1. The van der Waals surface area contributed by atoms with Crippen molar-refractivity contribution in [3.05, 3.63) is 90.3 Å². The van der Waals surface area contributed by atoms with E-state index in [1.54, 1.807) is 6.20 Å². The van der Waals surface area contributed by atoms with E-state index in [0.717, 1.165) is 32.9 Å². The highest BCUT2D eigenvalue weighted by molar-refractivity contribution is 7.80. The number of H-pyrrole nitrogens is 3. The molecule has 45 heavy (non-hydrogen) atoms. The molecule has 0 aliphatic rings. The molecule has 13 nitrogen and oxygen atoms in total. The Morgan fingerprint density at radius 1 is 0.756 bits per heavy atom. The molecule has 3 aromatic heterocycles. The van der Waals surface area contributed by atoms with Gasteiger partial charge in [0.1, 0.15) is 18.1 Å². The van der Waals surface area contributed by atoms with Crippen molar-refractivity contribution in [1.82, 2.24) is 35.9 Å². The molecular formula is C31H34N8O5S. The van der Waals surface area contributed by atoms with Crippen molar-refractivity contribution >= 4 is 58.1 Å². The van der Waals surface area contributed by atoms with Crippen LogP contribution in [0.15, 0.2) is 73.4 Å². The number of aliphatic carboxylic acids is 1. The minimum Gasteiger partial charge on any atom is -0.480 e. The lowest BCUT2D eigenvalue weighted by atomic mass is 10.0. The fourth-order valence-corrected chi connectivity index (χ4v) is 5.44. The quantitative estimate of drug-likeness (QED) is 0.0818. The van der Waals surface area contributed by atoms with Crippen LogP contribution in [0.25, 0.3) is 21.8 Å². The Labute approximate surface area is 263 Å². The SMILES string of the molecule is NC(Cc1c[nH]c2ccccc12)C(=O)NC(Cc1c[nH]c2ccccc12)C(=O)NC(Cc1cnc[nH]1)C(=O)NC(CS)C(=O)O. The van der Waals surface area contributed by atoms with E-state index < -0.39 is 47.9 Å². The number of nitrogens with zero attached hydrogens (tertiary/aromatic N) is 1. The Morgan fingerprint density at radius 3 is 1.84 bits per heavy atom. The van der Waals surface area contributed by atoms with Gasteiger partial charge in [-0.15, -0.1) is 0 Å². The Hall–Kier alpha value is -5.08. The van der Waals surface area contributed by atoms with Crippen molar-refractivity contribution in [2.75, 3.05) is 5.75 Å². The molecule has 0 aliphatic carbocycles. The Balaban J connectivity index is 1.38. The molecule has 234 valence electrons. The number of carbonyl (C=O) groups is 4. The number of aromatic nitrogens is 4. The molecule has 0 bridgehead atoms. The molecule has 9 N–H and O–H groups in total. The summed E-state index contributed by atoms with van der Waals surface area (Å²) in [4.78, 5) is 65.3. The molecule has 4 atom stereocenters. The summed E-state index contributed by atoms with van der Waals surface area (Å²) in [6.07, 6.45) is 6.80. The molecule has 5 rings (SSSR count). The van der Waals surface area contributed by atoms with E-state index in [0.29, 0.717) is 5.69 Å². The molecule has 0 aliphatic heterocycles. The average Bonchev–Trinajstić information content (AvgIpc) is 3.80. The van der Waals surface area contributed by atoms with E-state index in [-0.39, 0.29) is 25.0 Å². The number of nitrogens with one attached hydrogen (secondary N) is 6. The molecule has 2 aromatic carbocycles. The molecule has 0 saturated carbocycles. The third-order valence-electron chi connectivity index (χ3n) is 7.59. The van der Waals surface area contributed by atoms with Crippen LogP contribution in [0.4, 0.5) is 0 Å². The molecule has 14 heteroatoms. The number of carboxylic acids is 1. The zero-order chi connectivity index (χ0) is 31.9. The number of hydrogen-bond donors (Lipinski definition) is 9. The van der Waals surface area contributed by atoms with Crippen LogP contribution in [0.2, 0.25) is 0 Å². The van der Waals surface area contributed by atoms with E-state index >= 15 is 0 Å². The van der Waals surface area contributed by atoms with Gasteiger partial charge in [0.15, 0.2) is 0 Å². The third kappa shape index (κ3) is 7.53. The first-order chi connectivity index (χ1) is 21.7. The number of aromatic amines is 3. The van der Waals surface area contributed by atoms with Crippen molar-refractivity contribution in [2.24, 2.45) is 5.73 Å². The van der Waals surface area contributed by atoms with Gasteiger partial charge in [0.25, 0.3) is 0 Å². The molecule has 0 saturated heterocycles. The van der Waals surface area contributed by atoms with Gasteiger partial charge in [-0.2, -0.15) is 12.6 Å². The predicted octanol–water partition coefficient (Wildman–Crippen LogP) is 1.20. The van der Waals surface area contributed by atoms with Gasteiger partial charge in [-0.3, -0.25) is 14.4 Å². The minimum absolute atomic E-state index is 0.00961. The van der Waals surface area contributed by atoms with Crippen molar-refractivity contribution in [2.45, 2.75) is 43.4 Å². The standard InChI is InChI=1S/C31H34N8O5S/c32-22(9-17-12-34-23-7-3-1-5-20(17)23)28(40)37-25(10-18-13-35-24-8-4-2-6-21(18)24)29(41)38-26(11-19-14-33-16-36-19)30(42)39-27(15-45)31(43)44/h1-8,12-14,16,22,25-27,34-35,45H,9-11,15,32H2,(H,33,36)(H,37,40)(H,38,41)(H,39,42)(H,43,44). The average molecular weight is 631 g/mol. The fraction of sp³-hybridized carbons (Fsp3) is 0.258. The van der Waals surface area contributed by atoms with Crippen LogP contribution < -0.4 is 21.7 Å². The zero-order valence-electron chi connectivity index (χ0n) is 24.1. The third-order valence-corrected chi connectivity index (χ3v) is 7.96. The number of benzene rings is 2. The summed E-state index contributed by atoms with van der Waals surface area (Å²) in [5, 5.41) is 19.2. The number of rotatable bonds is 14. The van der Waals surface area contributed by atoms with Gasteiger partial charge in [-0.1, -0.05) is 36.4 Å². The van der Waals surface area contributed by atoms with E-state index in [1.807, 2.05) is 54.7 Å². The smallest absolute Gasteiger partial charge is 0.327 e. The normalized spacial score (nSPS) is 14.0. The summed E-state index contributed by atoms with van der Waals surface area (Å²) in [7, 11) is 0. The molecule has 0 fully saturated rings. The van der Waals surface area contributed by atoms with Crippen LogP contribution in [-0.2, 0) is 38.4 Å². The number of imidazole rings is 1. The maximum Gasteiger partial charge on any atom is 0.327 e. The molecule has 3 amide bonds. The number of carbonyl (C=O) groups excluding carboxylic acids is 3. The molecule has 0 spiro atoms. The summed E-state index contributed by atoms with van der Waals surface area (Å²) < 4.78 is 0. The van der Waals surface area contributed by atoms with Crippen molar-refractivity contribution < 1.29 is 24.3 Å². The monoisotopic (exact) mass is 630 g/mol. The summed E-state index contributed by atoms with van der Waals surface area (Å²) in [6, 6.07) is 10.7. The fourth-order valence-electron chi connectivity index (χ4n) is 5.19. The van der Waals surface area contributed by atoms with Gasteiger partial charge < -0.3 is 41.7 Å². The number of nitrogens with two attached hydrogens (primary N) is 1. The van der Waals surface area contributed by atoms with E-state index in [9.17, 15) is 24.3 Å². The number of carboxylic acid groups (broad SMARTS) is 1. The number of fused-ring (bicyclic) bond motifs is 2. The van der Waals surface area contributed by atoms with Gasteiger partial charge in [0.05, 0.1) is 12.4 Å². The van der Waals surface area contributed by atoms with Crippen LogP contribution in [0, 0.1) is 0 Å². The largest absolute Gasteiger partial charge is 0.480 e. The van der Waals surface area contributed by atoms with E-state index in [1.165, 1.54) is 12.5 Å². The number of para-hydroxylation sites is 2. The van der Waals surface area contributed by atoms with Crippen LogP contribution in [0.3, 0.4) is 0 Å². The van der Waals surface area contributed by atoms with Crippen LogP contribution in [0.5, 0.6) is 0 Å². The van der Waals surface area contributed by atoms with Crippen molar-refractivity contribution in [1.29, 1.82) is 0 Å². The molecular weight excluding hydrogens is 596 g/mol. The van der Waals surface area contributed by atoms with Gasteiger partial charge in [-0.05, 0) is 29.7 Å². The lowest BCUT2D eigenvalue weighted by molar-refractivity contribution is -0.141. The summed E-state index contributed by atoms with van der Waals surface area (Å²) in [5.74, 6) is -3.34. The molecule has 3 heterocycles. The molecule has 0 radical (unpaired) electrons. The van der Waals surface area contributed by atoms with E-state index in [4.69, 9.17) is 5.73 Å².